The van der Waals surface area contributed by atoms with Gasteiger partial charge in [0, 0.05) is 29.1 Å². The minimum atomic E-state index is -3.80. The van der Waals surface area contributed by atoms with Gasteiger partial charge < -0.3 is 9.73 Å². The van der Waals surface area contributed by atoms with E-state index in [4.69, 9.17) is 4.42 Å². The highest BCUT2D eigenvalue weighted by Crippen LogP contribution is 2.31. The minimum Gasteiger partial charge on any atom is -0.455 e. The number of hydrazone groups is 1. The summed E-state index contributed by atoms with van der Waals surface area (Å²) in [6, 6.07) is 17.3. The lowest BCUT2D eigenvalue weighted by atomic mass is 9.93. The van der Waals surface area contributed by atoms with Gasteiger partial charge in [-0.1, -0.05) is 24.3 Å². The molecule has 2 aromatic heterocycles. The van der Waals surface area contributed by atoms with E-state index in [1.807, 2.05) is 30.3 Å². The molecule has 2 N–H and O–H groups in total. The van der Waals surface area contributed by atoms with Gasteiger partial charge in [0.25, 0.3) is 15.9 Å². The van der Waals surface area contributed by atoms with E-state index in [1.54, 1.807) is 31.3 Å². The predicted octanol–water partition coefficient (Wildman–Crippen LogP) is 4.41. The van der Waals surface area contributed by atoms with Crippen molar-refractivity contribution >= 4 is 38.2 Å². The molecular weight excluding hydrogens is 452 g/mol. The molecule has 9 heteroatoms. The fourth-order valence-corrected chi connectivity index (χ4v) is 5.01. The highest BCUT2D eigenvalue weighted by Gasteiger charge is 2.28. The van der Waals surface area contributed by atoms with Crippen LogP contribution in [0.3, 0.4) is 0 Å². The van der Waals surface area contributed by atoms with E-state index in [0.717, 1.165) is 17.3 Å². The van der Waals surface area contributed by atoms with Crippen molar-refractivity contribution in [2.75, 3.05) is 5.32 Å². The standard InChI is InChI=1S/C25H22N4O4S/c1-16-23-21(28-29-34(31,32)17-8-3-2-4-9-17)13-6-14-22(23)33-24(16)25(30)27-20-12-5-11-19-18(20)10-7-15-26-19/h2-5,7-12,15,29H,6,13-14H2,1H3,(H,27,30)/b28-21+. The number of pyridine rings is 1. The third-order valence-electron chi connectivity index (χ3n) is 5.78. The van der Waals surface area contributed by atoms with E-state index in [1.165, 1.54) is 12.1 Å². The van der Waals surface area contributed by atoms with E-state index in [0.29, 0.717) is 41.1 Å². The zero-order valence-electron chi connectivity index (χ0n) is 18.4. The molecule has 172 valence electrons. The Hall–Kier alpha value is -3.98. The highest BCUT2D eigenvalue weighted by molar-refractivity contribution is 7.89. The predicted molar refractivity (Wildman–Crippen MR) is 129 cm³/mol. The second-order valence-electron chi connectivity index (χ2n) is 8.00. The summed E-state index contributed by atoms with van der Waals surface area (Å²) in [5, 5.41) is 7.95. The van der Waals surface area contributed by atoms with Crippen LogP contribution in [-0.2, 0) is 16.4 Å². The number of furan rings is 1. The lowest BCUT2D eigenvalue weighted by Crippen LogP contribution is -2.22. The Kier molecular flexibility index (Phi) is 5.62. The van der Waals surface area contributed by atoms with Gasteiger partial charge in [-0.25, -0.2) is 0 Å². The number of aryl methyl sites for hydroxylation is 1. The van der Waals surface area contributed by atoms with Crippen LogP contribution in [0.2, 0.25) is 0 Å². The first kappa shape index (κ1) is 21.8. The number of carbonyl (C=O) groups excluding carboxylic acids is 1. The number of amides is 1. The Morgan fingerprint density at radius 1 is 1.03 bits per heavy atom. The Bertz CT molecular complexity index is 1520. The summed E-state index contributed by atoms with van der Waals surface area (Å²) in [4.78, 5) is 19.9. The molecule has 0 radical (unpaired) electrons. The summed E-state index contributed by atoms with van der Waals surface area (Å²) in [5.41, 5.74) is 3.27. The number of carbonyl (C=O) groups is 1. The number of hydrogen-bond donors (Lipinski definition) is 2. The van der Waals surface area contributed by atoms with Crippen LogP contribution < -0.4 is 10.1 Å². The molecule has 1 aliphatic rings. The highest BCUT2D eigenvalue weighted by atomic mass is 32.2. The van der Waals surface area contributed by atoms with Crippen molar-refractivity contribution in [2.24, 2.45) is 5.10 Å². The molecule has 1 aliphatic carbocycles. The van der Waals surface area contributed by atoms with Crippen molar-refractivity contribution in [2.45, 2.75) is 31.1 Å². The summed E-state index contributed by atoms with van der Waals surface area (Å²) < 4.78 is 31.1. The van der Waals surface area contributed by atoms with E-state index in [-0.39, 0.29) is 16.6 Å². The average molecular weight is 475 g/mol. The third-order valence-corrected chi connectivity index (χ3v) is 7.00. The number of hydrogen-bond acceptors (Lipinski definition) is 6. The normalized spacial score (nSPS) is 14.7. The molecule has 0 saturated carbocycles. The van der Waals surface area contributed by atoms with Gasteiger partial charge in [0.1, 0.15) is 5.76 Å². The zero-order chi connectivity index (χ0) is 23.7. The monoisotopic (exact) mass is 474 g/mol. The van der Waals surface area contributed by atoms with Gasteiger partial charge in [0.05, 0.1) is 21.8 Å². The summed E-state index contributed by atoms with van der Waals surface area (Å²) in [6.07, 6.45) is 3.65. The second kappa shape index (κ2) is 8.75. The number of nitrogens with zero attached hydrogens (tertiary/aromatic N) is 2. The Balaban J connectivity index is 1.44. The van der Waals surface area contributed by atoms with Crippen LogP contribution in [0, 0.1) is 6.92 Å². The molecule has 5 rings (SSSR count). The van der Waals surface area contributed by atoms with Crippen LogP contribution in [0.4, 0.5) is 5.69 Å². The molecule has 0 aliphatic heterocycles. The maximum atomic E-state index is 13.1. The molecule has 2 aromatic carbocycles. The van der Waals surface area contributed by atoms with Gasteiger partial charge in [-0.15, -0.1) is 0 Å². The topological polar surface area (TPSA) is 114 Å². The van der Waals surface area contributed by atoms with Crippen LogP contribution >= 0.6 is 0 Å². The van der Waals surface area contributed by atoms with Crippen LogP contribution in [0.1, 0.15) is 40.3 Å². The first-order valence-corrected chi connectivity index (χ1v) is 12.3. The van der Waals surface area contributed by atoms with Gasteiger partial charge in [-0.05, 0) is 56.2 Å². The maximum absolute atomic E-state index is 13.1. The van der Waals surface area contributed by atoms with Crippen LogP contribution in [0.25, 0.3) is 10.9 Å². The van der Waals surface area contributed by atoms with Gasteiger partial charge in [-0.3, -0.25) is 9.78 Å². The fourth-order valence-electron chi connectivity index (χ4n) is 4.16. The first-order valence-electron chi connectivity index (χ1n) is 10.9. The second-order valence-corrected chi connectivity index (χ2v) is 9.66. The Labute approximate surface area is 196 Å². The molecule has 8 nitrogen and oxygen atoms in total. The molecule has 0 bridgehead atoms. The van der Waals surface area contributed by atoms with Crippen molar-refractivity contribution < 1.29 is 17.6 Å². The van der Waals surface area contributed by atoms with Crippen molar-refractivity contribution in [3.8, 4) is 0 Å². The third kappa shape index (κ3) is 4.06. The zero-order valence-corrected chi connectivity index (χ0v) is 19.2. The summed E-state index contributed by atoms with van der Waals surface area (Å²) in [5.74, 6) is 0.435. The van der Waals surface area contributed by atoms with Gasteiger partial charge in [-0.2, -0.15) is 18.4 Å². The van der Waals surface area contributed by atoms with E-state index >= 15 is 0 Å². The quantitative estimate of drug-likeness (QED) is 0.416. The van der Waals surface area contributed by atoms with Gasteiger partial charge >= 0.3 is 0 Å². The number of nitrogens with one attached hydrogen (secondary N) is 2. The van der Waals surface area contributed by atoms with Crippen molar-refractivity contribution in [3.63, 3.8) is 0 Å². The van der Waals surface area contributed by atoms with Crippen LogP contribution in [0.5, 0.6) is 0 Å². The Morgan fingerprint density at radius 2 is 1.85 bits per heavy atom. The molecule has 0 fully saturated rings. The number of anilines is 1. The molecule has 0 atom stereocenters. The Morgan fingerprint density at radius 3 is 2.68 bits per heavy atom. The van der Waals surface area contributed by atoms with E-state index < -0.39 is 10.0 Å². The lowest BCUT2D eigenvalue weighted by Gasteiger charge is -2.14. The molecule has 0 spiro atoms. The van der Waals surface area contributed by atoms with E-state index in [9.17, 15) is 13.2 Å². The number of sulfonamides is 1. The molecule has 1 amide bonds. The smallest absolute Gasteiger partial charge is 0.291 e. The fraction of sp³-hybridized carbons (Fsp3) is 0.160. The molecule has 0 saturated heterocycles. The SMILES string of the molecule is Cc1c(C(=O)Nc2cccc3ncccc23)oc2c1/C(=N/NS(=O)(=O)c1ccccc1)CCC2. The van der Waals surface area contributed by atoms with Crippen LogP contribution in [-0.4, -0.2) is 25.0 Å². The van der Waals surface area contributed by atoms with Crippen molar-refractivity contribution in [1.29, 1.82) is 0 Å². The van der Waals surface area contributed by atoms with Crippen molar-refractivity contribution in [1.82, 2.24) is 9.82 Å². The van der Waals surface area contributed by atoms with Gasteiger partial charge in [0.2, 0.25) is 0 Å². The summed E-state index contributed by atoms with van der Waals surface area (Å²) >= 11 is 0. The average Bonchev–Trinajstić information content (AvgIpc) is 3.21. The maximum Gasteiger partial charge on any atom is 0.291 e. The number of fused-ring (bicyclic) bond motifs is 2. The molecule has 4 aromatic rings. The number of benzene rings is 2. The summed E-state index contributed by atoms with van der Waals surface area (Å²) in [6.45, 7) is 1.79. The van der Waals surface area contributed by atoms with E-state index in [2.05, 4.69) is 20.2 Å². The molecular formula is C25H22N4O4S. The molecule has 0 unspecified atom stereocenters. The van der Waals surface area contributed by atoms with Gasteiger partial charge in [0.15, 0.2) is 5.76 Å². The number of rotatable bonds is 5. The lowest BCUT2D eigenvalue weighted by molar-refractivity contribution is 0.0994. The van der Waals surface area contributed by atoms with Crippen molar-refractivity contribution in [3.05, 3.63) is 89.5 Å². The largest absolute Gasteiger partial charge is 0.455 e. The molecule has 34 heavy (non-hydrogen) atoms. The summed E-state index contributed by atoms with van der Waals surface area (Å²) in [7, 11) is -3.80. The first-order chi connectivity index (χ1) is 16.4. The molecule has 2 heterocycles. The van der Waals surface area contributed by atoms with Crippen LogP contribution in [0.15, 0.2) is 81.3 Å². The number of aromatic nitrogens is 1. The minimum absolute atomic E-state index is 0.129.